The molecule has 0 heterocycles. The third-order valence-corrected chi connectivity index (χ3v) is 2.94. The number of aliphatic hydroxyl groups is 1. The lowest BCUT2D eigenvalue weighted by Crippen LogP contribution is -2.19. The van der Waals surface area contributed by atoms with Crippen molar-refractivity contribution >= 4 is 5.69 Å². The molecule has 0 unspecified atom stereocenters. The molecule has 0 saturated heterocycles. The first kappa shape index (κ1) is 13.5. The summed E-state index contributed by atoms with van der Waals surface area (Å²) in [6, 6.07) is 9.72. The van der Waals surface area contributed by atoms with Crippen LogP contribution in [0.15, 0.2) is 24.3 Å². The van der Waals surface area contributed by atoms with Gasteiger partial charge in [0.25, 0.3) is 0 Å². The van der Waals surface area contributed by atoms with Crippen molar-refractivity contribution in [3.05, 3.63) is 29.8 Å². The molecule has 0 aliphatic carbocycles. The number of benzene rings is 1. The molecule has 0 aliphatic heterocycles. The van der Waals surface area contributed by atoms with Crippen molar-refractivity contribution < 1.29 is 5.11 Å². The number of anilines is 1. The van der Waals surface area contributed by atoms with Gasteiger partial charge in [0.1, 0.15) is 0 Å². The van der Waals surface area contributed by atoms with Gasteiger partial charge < -0.3 is 10.0 Å². The summed E-state index contributed by atoms with van der Waals surface area (Å²) in [5.74, 6) is 0.379. The normalized spacial score (nSPS) is 11.9. The minimum absolute atomic E-state index is 0.264. The van der Waals surface area contributed by atoms with Crippen LogP contribution in [0.5, 0.6) is 0 Å². The zero-order valence-corrected chi connectivity index (χ0v) is 10.6. The highest BCUT2D eigenvalue weighted by Gasteiger charge is 2.03. The fraction of sp³-hybridized carbons (Fsp3) is 0.500. The maximum absolute atomic E-state index is 8.93. The maximum atomic E-state index is 8.93. The molecule has 0 aromatic heterocycles. The molecule has 1 aromatic carbocycles. The SMILES string of the molecule is C[C@H](CO)CCCN(C)c1ccc(C#N)cc1. The van der Waals surface area contributed by atoms with E-state index in [4.69, 9.17) is 10.4 Å². The molecule has 0 spiro atoms. The van der Waals surface area contributed by atoms with Crippen LogP contribution in [0.4, 0.5) is 5.69 Å². The lowest BCUT2D eigenvalue weighted by molar-refractivity contribution is 0.229. The van der Waals surface area contributed by atoms with Gasteiger partial charge in [-0.05, 0) is 43.0 Å². The second-order valence-corrected chi connectivity index (χ2v) is 4.51. The third kappa shape index (κ3) is 4.46. The Balaban J connectivity index is 2.41. The van der Waals surface area contributed by atoms with Crippen molar-refractivity contribution in [3.8, 4) is 6.07 Å². The summed E-state index contributed by atoms with van der Waals surface area (Å²) >= 11 is 0. The Hall–Kier alpha value is -1.53. The highest BCUT2D eigenvalue weighted by molar-refractivity contribution is 5.48. The van der Waals surface area contributed by atoms with E-state index in [9.17, 15) is 0 Å². The number of rotatable bonds is 6. The minimum Gasteiger partial charge on any atom is -0.396 e. The largest absolute Gasteiger partial charge is 0.396 e. The van der Waals surface area contributed by atoms with Gasteiger partial charge in [0.2, 0.25) is 0 Å². The summed E-state index contributed by atoms with van der Waals surface area (Å²) in [4.78, 5) is 2.17. The van der Waals surface area contributed by atoms with E-state index >= 15 is 0 Å². The molecule has 3 nitrogen and oxygen atoms in total. The first-order chi connectivity index (χ1) is 8.17. The molecular formula is C14H20N2O. The average Bonchev–Trinajstić information content (AvgIpc) is 2.38. The highest BCUT2D eigenvalue weighted by Crippen LogP contribution is 2.14. The fourth-order valence-corrected chi connectivity index (χ4v) is 1.69. The Morgan fingerprint density at radius 3 is 2.53 bits per heavy atom. The van der Waals surface area contributed by atoms with Crippen LogP contribution in [0.25, 0.3) is 0 Å². The fourth-order valence-electron chi connectivity index (χ4n) is 1.69. The first-order valence-corrected chi connectivity index (χ1v) is 5.99. The van der Waals surface area contributed by atoms with Crippen molar-refractivity contribution in [1.82, 2.24) is 0 Å². The van der Waals surface area contributed by atoms with Crippen molar-refractivity contribution in [2.24, 2.45) is 5.92 Å². The molecule has 1 N–H and O–H groups in total. The molecule has 3 heteroatoms. The summed E-state index contributed by atoms with van der Waals surface area (Å²) in [6.07, 6.45) is 2.11. The van der Waals surface area contributed by atoms with Crippen LogP contribution in [-0.2, 0) is 0 Å². The van der Waals surface area contributed by atoms with Gasteiger partial charge in [-0.15, -0.1) is 0 Å². The van der Waals surface area contributed by atoms with Gasteiger partial charge in [0.15, 0.2) is 0 Å². The maximum Gasteiger partial charge on any atom is 0.0991 e. The molecule has 17 heavy (non-hydrogen) atoms. The van der Waals surface area contributed by atoms with E-state index in [1.807, 2.05) is 31.3 Å². The van der Waals surface area contributed by atoms with Gasteiger partial charge in [-0.1, -0.05) is 6.92 Å². The van der Waals surface area contributed by atoms with E-state index in [1.165, 1.54) is 0 Å². The minimum atomic E-state index is 0.264. The van der Waals surface area contributed by atoms with E-state index in [0.717, 1.165) is 25.1 Å². The van der Waals surface area contributed by atoms with Gasteiger partial charge >= 0.3 is 0 Å². The molecule has 0 fully saturated rings. The van der Waals surface area contributed by atoms with Gasteiger partial charge in [-0.25, -0.2) is 0 Å². The van der Waals surface area contributed by atoms with Crippen molar-refractivity contribution in [2.45, 2.75) is 19.8 Å². The Kier molecular flexibility index (Phi) is 5.51. The molecule has 0 aliphatic rings. The molecule has 1 aromatic rings. The molecule has 0 amide bonds. The second kappa shape index (κ2) is 6.93. The summed E-state index contributed by atoms with van der Waals surface area (Å²) in [6.45, 7) is 3.29. The van der Waals surface area contributed by atoms with Crippen molar-refractivity contribution in [3.63, 3.8) is 0 Å². The summed E-state index contributed by atoms with van der Waals surface area (Å²) in [5.41, 5.74) is 1.82. The molecule has 1 rings (SSSR count). The molecule has 92 valence electrons. The Morgan fingerprint density at radius 2 is 2.00 bits per heavy atom. The number of nitriles is 1. The molecule has 0 radical (unpaired) electrons. The standard InChI is InChI=1S/C14H20N2O/c1-12(11-17)4-3-9-16(2)14-7-5-13(10-15)6-8-14/h5-8,12,17H,3-4,9,11H2,1-2H3/t12-/m0/s1. The van der Waals surface area contributed by atoms with E-state index in [0.29, 0.717) is 11.5 Å². The summed E-state index contributed by atoms with van der Waals surface area (Å²) in [5, 5.41) is 17.6. The van der Waals surface area contributed by atoms with Crippen LogP contribution >= 0.6 is 0 Å². The van der Waals surface area contributed by atoms with E-state index in [2.05, 4.69) is 17.9 Å². The Bertz CT molecular complexity index is 367. The number of hydrogen-bond donors (Lipinski definition) is 1. The first-order valence-electron chi connectivity index (χ1n) is 5.99. The van der Waals surface area contributed by atoms with Crippen LogP contribution < -0.4 is 4.90 Å². The number of nitrogens with zero attached hydrogens (tertiary/aromatic N) is 2. The van der Waals surface area contributed by atoms with Crippen LogP contribution in [-0.4, -0.2) is 25.3 Å². The molecule has 0 bridgehead atoms. The van der Waals surface area contributed by atoms with E-state index in [1.54, 1.807) is 0 Å². The van der Waals surface area contributed by atoms with Crippen LogP contribution in [0.1, 0.15) is 25.3 Å². The van der Waals surface area contributed by atoms with Crippen LogP contribution in [0.2, 0.25) is 0 Å². The lowest BCUT2D eigenvalue weighted by Gasteiger charge is -2.20. The average molecular weight is 232 g/mol. The Labute approximate surface area is 103 Å². The van der Waals surface area contributed by atoms with Crippen LogP contribution in [0.3, 0.4) is 0 Å². The molecular weight excluding hydrogens is 212 g/mol. The Morgan fingerprint density at radius 1 is 1.35 bits per heavy atom. The highest BCUT2D eigenvalue weighted by atomic mass is 16.3. The zero-order chi connectivity index (χ0) is 12.7. The topological polar surface area (TPSA) is 47.3 Å². The van der Waals surface area contributed by atoms with E-state index < -0.39 is 0 Å². The predicted octanol–water partition coefficient (Wildman–Crippen LogP) is 2.40. The van der Waals surface area contributed by atoms with Crippen molar-refractivity contribution in [1.29, 1.82) is 5.26 Å². The van der Waals surface area contributed by atoms with Crippen LogP contribution in [0, 0.1) is 17.2 Å². The predicted molar refractivity (Wildman–Crippen MR) is 69.9 cm³/mol. The number of hydrogen-bond acceptors (Lipinski definition) is 3. The summed E-state index contributed by atoms with van der Waals surface area (Å²) in [7, 11) is 2.05. The monoisotopic (exact) mass is 232 g/mol. The lowest BCUT2D eigenvalue weighted by atomic mass is 10.1. The quantitative estimate of drug-likeness (QED) is 0.819. The zero-order valence-electron chi connectivity index (χ0n) is 10.6. The summed E-state index contributed by atoms with van der Waals surface area (Å²) < 4.78 is 0. The van der Waals surface area contributed by atoms with Gasteiger partial charge in [0.05, 0.1) is 11.6 Å². The molecule has 0 saturated carbocycles. The van der Waals surface area contributed by atoms with Crippen molar-refractivity contribution in [2.75, 3.05) is 25.1 Å². The number of aliphatic hydroxyl groups excluding tert-OH is 1. The van der Waals surface area contributed by atoms with Gasteiger partial charge in [0, 0.05) is 25.9 Å². The van der Waals surface area contributed by atoms with E-state index in [-0.39, 0.29) is 6.61 Å². The second-order valence-electron chi connectivity index (χ2n) is 4.51. The van der Waals surface area contributed by atoms with Gasteiger partial charge in [-0.2, -0.15) is 5.26 Å². The smallest absolute Gasteiger partial charge is 0.0991 e. The molecule has 1 atom stereocenters. The third-order valence-electron chi connectivity index (χ3n) is 2.94. The van der Waals surface area contributed by atoms with Gasteiger partial charge in [-0.3, -0.25) is 0 Å².